The van der Waals surface area contributed by atoms with Crippen molar-refractivity contribution in [2.24, 2.45) is 0 Å². The zero-order valence-electron chi connectivity index (χ0n) is 6.81. The standard InChI is InChI=1S/C8H14OS/c1-4-5-6-10-8(2)7-9-3/h8H,6-7H2,1-3H3. The SMILES string of the molecule is CC#CCSC(C)COC. The van der Waals surface area contributed by atoms with Gasteiger partial charge in [0.2, 0.25) is 0 Å². The molecule has 0 bridgehead atoms. The van der Waals surface area contributed by atoms with E-state index in [1.54, 1.807) is 7.11 Å². The summed E-state index contributed by atoms with van der Waals surface area (Å²) in [5.41, 5.74) is 0. The second-order valence-corrected chi connectivity index (χ2v) is 3.43. The smallest absolute Gasteiger partial charge is 0.0578 e. The quantitative estimate of drug-likeness (QED) is 0.577. The van der Waals surface area contributed by atoms with Gasteiger partial charge in [0.1, 0.15) is 0 Å². The van der Waals surface area contributed by atoms with E-state index in [1.807, 2.05) is 18.7 Å². The lowest BCUT2D eigenvalue weighted by molar-refractivity contribution is 0.203. The first-order chi connectivity index (χ1) is 4.81. The van der Waals surface area contributed by atoms with E-state index in [1.165, 1.54) is 0 Å². The third-order valence-electron chi connectivity index (χ3n) is 1.02. The molecule has 2 heteroatoms. The summed E-state index contributed by atoms with van der Waals surface area (Å²) in [5.74, 6) is 6.77. The van der Waals surface area contributed by atoms with Crippen LogP contribution in [-0.4, -0.2) is 24.7 Å². The summed E-state index contributed by atoms with van der Waals surface area (Å²) in [6.45, 7) is 4.82. The first kappa shape index (κ1) is 9.87. The Balaban J connectivity index is 3.18. The topological polar surface area (TPSA) is 9.23 Å². The van der Waals surface area contributed by atoms with Crippen molar-refractivity contribution in [3.63, 3.8) is 0 Å². The summed E-state index contributed by atoms with van der Waals surface area (Å²) < 4.78 is 4.97. The first-order valence-electron chi connectivity index (χ1n) is 3.31. The molecule has 0 aliphatic carbocycles. The average Bonchev–Trinajstić information content (AvgIpc) is 1.89. The van der Waals surface area contributed by atoms with Crippen LogP contribution in [0.15, 0.2) is 0 Å². The van der Waals surface area contributed by atoms with E-state index in [-0.39, 0.29) is 0 Å². The van der Waals surface area contributed by atoms with Crippen molar-refractivity contribution in [3.05, 3.63) is 0 Å². The molecule has 0 aliphatic heterocycles. The summed E-state index contributed by atoms with van der Waals surface area (Å²) in [4.78, 5) is 0. The molecule has 0 heterocycles. The molecule has 0 fully saturated rings. The first-order valence-corrected chi connectivity index (χ1v) is 4.36. The van der Waals surface area contributed by atoms with Gasteiger partial charge >= 0.3 is 0 Å². The van der Waals surface area contributed by atoms with Crippen LogP contribution in [0.3, 0.4) is 0 Å². The van der Waals surface area contributed by atoms with Crippen molar-refractivity contribution in [2.75, 3.05) is 19.5 Å². The fraction of sp³-hybridized carbons (Fsp3) is 0.750. The zero-order valence-corrected chi connectivity index (χ0v) is 7.62. The van der Waals surface area contributed by atoms with Gasteiger partial charge in [-0.05, 0) is 6.92 Å². The highest BCUT2D eigenvalue weighted by molar-refractivity contribution is 8.00. The summed E-state index contributed by atoms with van der Waals surface area (Å²) >= 11 is 1.83. The molecule has 0 aromatic rings. The Kier molecular flexibility index (Phi) is 6.89. The molecule has 0 radical (unpaired) electrons. The van der Waals surface area contributed by atoms with Crippen LogP contribution in [0.25, 0.3) is 0 Å². The van der Waals surface area contributed by atoms with Crippen LogP contribution in [0, 0.1) is 11.8 Å². The second-order valence-electron chi connectivity index (χ2n) is 2.00. The Hall–Kier alpha value is -0.130. The molecule has 0 amide bonds. The van der Waals surface area contributed by atoms with Crippen molar-refractivity contribution in [2.45, 2.75) is 19.1 Å². The fourth-order valence-electron chi connectivity index (χ4n) is 0.539. The average molecular weight is 158 g/mol. The van der Waals surface area contributed by atoms with E-state index in [9.17, 15) is 0 Å². The van der Waals surface area contributed by atoms with Crippen molar-refractivity contribution in [1.29, 1.82) is 0 Å². The predicted molar refractivity (Wildman–Crippen MR) is 47.2 cm³/mol. The summed E-state index contributed by atoms with van der Waals surface area (Å²) in [5, 5.41) is 0.561. The van der Waals surface area contributed by atoms with Gasteiger partial charge in [-0.25, -0.2) is 0 Å². The maximum Gasteiger partial charge on any atom is 0.0578 e. The monoisotopic (exact) mass is 158 g/mol. The molecular weight excluding hydrogens is 144 g/mol. The van der Waals surface area contributed by atoms with E-state index >= 15 is 0 Å². The third-order valence-corrected chi connectivity index (χ3v) is 2.03. The van der Waals surface area contributed by atoms with Gasteiger partial charge in [-0.15, -0.1) is 17.7 Å². The number of thioether (sulfide) groups is 1. The molecule has 1 nitrogen and oxygen atoms in total. The van der Waals surface area contributed by atoms with Gasteiger partial charge in [0, 0.05) is 12.4 Å². The lowest BCUT2D eigenvalue weighted by Crippen LogP contribution is -2.05. The minimum atomic E-state index is 0.561. The number of rotatable bonds is 4. The lowest BCUT2D eigenvalue weighted by Gasteiger charge is -2.05. The molecule has 0 aromatic carbocycles. The fourth-order valence-corrected chi connectivity index (χ4v) is 1.28. The van der Waals surface area contributed by atoms with Gasteiger partial charge in [0.15, 0.2) is 0 Å². The Morgan fingerprint density at radius 1 is 1.60 bits per heavy atom. The van der Waals surface area contributed by atoms with Crippen LogP contribution in [-0.2, 0) is 4.74 Å². The van der Waals surface area contributed by atoms with E-state index in [0.717, 1.165) is 12.4 Å². The molecule has 0 N–H and O–H groups in total. The maximum atomic E-state index is 4.97. The summed E-state index contributed by atoms with van der Waals surface area (Å²) in [6.07, 6.45) is 0. The molecule has 58 valence electrons. The van der Waals surface area contributed by atoms with E-state index in [2.05, 4.69) is 18.8 Å². The number of hydrogen-bond donors (Lipinski definition) is 0. The van der Waals surface area contributed by atoms with Gasteiger partial charge < -0.3 is 4.74 Å². The Labute approximate surface area is 67.5 Å². The van der Waals surface area contributed by atoms with Gasteiger partial charge in [-0.2, -0.15) is 0 Å². The van der Waals surface area contributed by atoms with Gasteiger partial charge in [-0.3, -0.25) is 0 Å². The Bertz CT molecular complexity index is 123. The highest BCUT2D eigenvalue weighted by Crippen LogP contribution is 2.08. The molecule has 0 aromatic heterocycles. The molecule has 10 heavy (non-hydrogen) atoms. The van der Waals surface area contributed by atoms with Crippen molar-refractivity contribution < 1.29 is 4.74 Å². The van der Waals surface area contributed by atoms with Gasteiger partial charge in [0.25, 0.3) is 0 Å². The molecule has 0 rings (SSSR count). The Morgan fingerprint density at radius 2 is 2.30 bits per heavy atom. The third kappa shape index (κ3) is 6.00. The minimum Gasteiger partial charge on any atom is -0.384 e. The van der Waals surface area contributed by atoms with Crippen LogP contribution in [0.4, 0.5) is 0 Å². The predicted octanol–water partition coefficient (Wildman–Crippen LogP) is 1.78. The molecular formula is C8H14OS. The van der Waals surface area contributed by atoms with E-state index in [0.29, 0.717) is 5.25 Å². The molecule has 0 aliphatic rings. The largest absolute Gasteiger partial charge is 0.384 e. The highest BCUT2D eigenvalue weighted by atomic mass is 32.2. The van der Waals surface area contributed by atoms with Crippen molar-refractivity contribution in [3.8, 4) is 11.8 Å². The number of ether oxygens (including phenoxy) is 1. The van der Waals surface area contributed by atoms with Crippen LogP contribution in [0.2, 0.25) is 0 Å². The molecule has 1 atom stereocenters. The lowest BCUT2D eigenvalue weighted by atomic mass is 10.5. The normalized spacial score (nSPS) is 11.9. The molecule has 0 saturated carbocycles. The van der Waals surface area contributed by atoms with Gasteiger partial charge in [0.05, 0.1) is 12.4 Å². The Morgan fingerprint density at radius 3 is 2.80 bits per heavy atom. The van der Waals surface area contributed by atoms with Crippen LogP contribution in [0.5, 0.6) is 0 Å². The minimum absolute atomic E-state index is 0.561. The van der Waals surface area contributed by atoms with Crippen LogP contribution >= 0.6 is 11.8 Å². The van der Waals surface area contributed by atoms with E-state index < -0.39 is 0 Å². The second kappa shape index (κ2) is 6.98. The molecule has 1 unspecified atom stereocenters. The summed E-state index contributed by atoms with van der Waals surface area (Å²) in [6, 6.07) is 0. The van der Waals surface area contributed by atoms with Gasteiger partial charge in [-0.1, -0.05) is 12.8 Å². The molecule has 0 spiro atoms. The van der Waals surface area contributed by atoms with Crippen molar-refractivity contribution >= 4 is 11.8 Å². The summed E-state index contributed by atoms with van der Waals surface area (Å²) in [7, 11) is 1.72. The zero-order chi connectivity index (χ0) is 7.82. The molecule has 0 saturated heterocycles. The van der Waals surface area contributed by atoms with E-state index in [4.69, 9.17) is 4.74 Å². The highest BCUT2D eigenvalue weighted by Gasteiger charge is 1.98. The number of hydrogen-bond acceptors (Lipinski definition) is 2. The number of methoxy groups -OCH3 is 1. The van der Waals surface area contributed by atoms with Crippen molar-refractivity contribution in [1.82, 2.24) is 0 Å². The van der Waals surface area contributed by atoms with Crippen LogP contribution in [0.1, 0.15) is 13.8 Å². The maximum absolute atomic E-state index is 4.97. The van der Waals surface area contributed by atoms with Crippen LogP contribution < -0.4 is 0 Å².